The summed E-state index contributed by atoms with van der Waals surface area (Å²) in [6.07, 6.45) is 5.14. The number of hydrogen-bond donors (Lipinski definition) is 1. The molecule has 1 N–H and O–H groups in total. The van der Waals surface area contributed by atoms with E-state index in [1.54, 1.807) is 72.8 Å². The van der Waals surface area contributed by atoms with Gasteiger partial charge in [-0.1, -0.05) is 45.5 Å². The van der Waals surface area contributed by atoms with E-state index < -0.39 is 35.2 Å². The third-order valence-electron chi connectivity index (χ3n) is 7.33. The van der Waals surface area contributed by atoms with E-state index in [1.165, 1.54) is 44.6 Å². The Morgan fingerprint density at radius 3 is 1.20 bits per heavy atom. The second-order valence-electron chi connectivity index (χ2n) is 11.5. The number of carbonyl (C=O) groups excluding carboxylic acids is 2. The number of methoxy groups -OCH3 is 2. The van der Waals surface area contributed by atoms with Gasteiger partial charge in [0.1, 0.15) is 5.82 Å². The normalized spacial score (nSPS) is 9.40. The monoisotopic (exact) mass is 990 g/mol. The molecule has 0 bridgehead atoms. The molecule has 6 aromatic rings. The number of terminal acetylenes is 1. The summed E-state index contributed by atoms with van der Waals surface area (Å²) in [5.41, 5.74) is 3.82. The largest absolute Gasteiger partial charge is 0.478 e. The number of carboxylic acid groups (broad SMARTS) is 1. The van der Waals surface area contributed by atoms with Crippen LogP contribution in [0.1, 0.15) is 58.9 Å². The van der Waals surface area contributed by atoms with Gasteiger partial charge in [-0.05, 0) is 150 Å². The Balaban J connectivity index is 0.000000223. The molecular formula is C47H29BrF5IO6. The number of carboxylic acids is 1. The smallest absolute Gasteiger partial charge is 0.337 e. The van der Waals surface area contributed by atoms with Gasteiger partial charge in [0.15, 0.2) is 23.3 Å². The minimum atomic E-state index is -1.01. The van der Waals surface area contributed by atoms with E-state index in [9.17, 15) is 36.3 Å². The lowest BCUT2D eigenvalue weighted by Gasteiger charge is -1.98. The van der Waals surface area contributed by atoms with Crippen LogP contribution in [0.5, 0.6) is 0 Å². The first-order chi connectivity index (χ1) is 28.6. The van der Waals surface area contributed by atoms with Crippen LogP contribution in [0.25, 0.3) is 0 Å². The summed E-state index contributed by atoms with van der Waals surface area (Å²) in [6, 6.07) is 30.8. The molecule has 0 aliphatic rings. The molecular weight excluding hydrogens is 962 g/mol. The highest BCUT2D eigenvalue weighted by Crippen LogP contribution is 2.17. The minimum absolute atomic E-state index is 0.165. The van der Waals surface area contributed by atoms with Gasteiger partial charge in [0, 0.05) is 35.9 Å². The number of ether oxygens (including phenoxy) is 2. The number of hydrogen-bond acceptors (Lipinski definition) is 5. The lowest BCUT2D eigenvalue weighted by molar-refractivity contribution is 0.0592. The molecule has 60 heavy (non-hydrogen) atoms. The predicted octanol–water partition coefficient (Wildman–Crippen LogP) is 10.9. The van der Waals surface area contributed by atoms with Crippen molar-refractivity contribution in [2.75, 3.05) is 14.2 Å². The third kappa shape index (κ3) is 15.9. The molecule has 302 valence electrons. The van der Waals surface area contributed by atoms with Crippen molar-refractivity contribution in [2.45, 2.75) is 0 Å². The summed E-state index contributed by atoms with van der Waals surface area (Å²) in [5.74, 6) is 7.73. The van der Waals surface area contributed by atoms with Gasteiger partial charge >= 0.3 is 17.9 Å². The zero-order chi connectivity index (χ0) is 44.2. The Morgan fingerprint density at radius 1 is 0.517 bits per heavy atom. The molecule has 0 aromatic heterocycles. The highest BCUT2D eigenvalue weighted by atomic mass is 127. The van der Waals surface area contributed by atoms with Gasteiger partial charge in [-0.15, -0.1) is 6.42 Å². The number of benzene rings is 6. The molecule has 0 atom stereocenters. The lowest BCUT2D eigenvalue weighted by Crippen LogP contribution is -2.00. The Hall–Kier alpha value is -6.73. The Bertz CT molecular complexity index is 2620. The molecule has 0 aliphatic heterocycles. The first-order valence-corrected chi connectivity index (χ1v) is 18.7. The van der Waals surface area contributed by atoms with Crippen LogP contribution < -0.4 is 0 Å². The summed E-state index contributed by atoms with van der Waals surface area (Å²) >= 11 is 5.17. The number of rotatable bonds is 3. The van der Waals surface area contributed by atoms with Crippen LogP contribution in [0.2, 0.25) is 0 Å². The second kappa shape index (κ2) is 24.3. The van der Waals surface area contributed by atoms with Crippen LogP contribution in [0.3, 0.4) is 0 Å². The average molecular weight is 992 g/mol. The molecule has 13 heteroatoms. The molecule has 6 rings (SSSR count). The van der Waals surface area contributed by atoms with Crippen molar-refractivity contribution in [3.8, 4) is 36.0 Å². The molecule has 0 radical (unpaired) electrons. The number of esters is 2. The van der Waals surface area contributed by atoms with Gasteiger partial charge in [0.25, 0.3) is 0 Å². The molecule has 0 fully saturated rings. The summed E-state index contributed by atoms with van der Waals surface area (Å²) in [5, 5.41) is 8.73. The van der Waals surface area contributed by atoms with Gasteiger partial charge in [-0.3, -0.25) is 0 Å². The first kappa shape index (κ1) is 47.6. The SMILES string of the molecule is C#Cc1ccc(C(=O)OC)cc1.COC(=O)c1ccc(C#Cc2ccc(F)c(F)c2)cc1.Fc1ccc(Br)cc1I.O=C(O)c1ccc(C#Cc2ccc(F)c(F)c2)cc1. The van der Waals surface area contributed by atoms with E-state index in [0.29, 0.717) is 37.0 Å². The fourth-order valence-corrected chi connectivity index (χ4v) is 5.54. The zero-order valence-corrected chi connectivity index (χ0v) is 35.1. The number of carbonyl (C=O) groups is 3. The van der Waals surface area contributed by atoms with Crippen molar-refractivity contribution in [1.82, 2.24) is 0 Å². The van der Waals surface area contributed by atoms with E-state index in [-0.39, 0.29) is 17.3 Å². The quantitative estimate of drug-likeness (QED) is 0.0625. The molecule has 0 aliphatic carbocycles. The highest BCUT2D eigenvalue weighted by Gasteiger charge is 2.05. The average Bonchev–Trinajstić information content (AvgIpc) is 3.26. The van der Waals surface area contributed by atoms with Crippen LogP contribution in [-0.2, 0) is 9.47 Å². The van der Waals surface area contributed by atoms with E-state index in [2.05, 4.69) is 55.0 Å². The molecule has 0 saturated carbocycles. The number of aromatic carboxylic acids is 1. The van der Waals surface area contributed by atoms with Crippen LogP contribution >= 0.6 is 38.5 Å². The Kier molecular flexibility index (Phi) is 19.3. The maximum absolute atomic E-state index is 13.0. The van der Waals surface area contributed by atoms with Gasteiger partial charge in [-0.25, -0.2) is 36.3 Å². The van der Waals surface area contributed by atoms with Crippen molar-refractivity contribution in [1.29, 1.82) is 0 Å². The van der Waals surface area contributed by atoms with Gasteiger partial charge < -0.3 is 14.6 Å². The molecule has 0 saturated heterocycles. The molecule has 0 amide bonds. The van der Waals surface area contributed by atoms with Gasteiger partial charge in [-0.2, -0.15) is 0 Å². The van der Waals surface area contributed by atoms with Crippen LogP contribution in [0.4, 0.5) is 22.0 Å². The van der Waals surface area contributed by atoms with E-state index in [1.807, 2.05) is 22.6 Å². The molecule has 6 aromatic carbocycles. The topological polar surface area (TPSA) is 89.9 Å². The fraction of sp³-hybridized carbons (Fsp3) is 0.0426. The standard InChI is InChI=1S/C16H10F2O2.C15H8F2O2.C10H8O2.C6H3BrFI/c1-20-16(19)13-7-4-11(5-8-13)2-3-12-6-9-14(17)15(18)10-12;16-13-8-5-11(9-14(13)17)2-1-10-3-6-12(7-4-10)15(18)19;1-3-8-4-6-9(7-5-8)10(11)12-2;7-4-1-2-5(8)6(9)3-4/h4-10H,1H3;3-9H,(H,18,19);1,4-7H,2H3;1-3H. The van der Waals surface area contributed by atoms with Crippen LogP contribution in [0, 0.1) is 68.7 Å². The summed E-state index contributed by atoms with van der Waals surface area (Å²) in [6.45, 7) is 0. The Morgan fingerprint density at radius 2 is 0.867 bits per heavy atom. The summed E-state index contributed by atoms with van der Waals surface area (Å²) in [4.78, 5) is 32.8. The maximum atomic E-state index is 13.0. The van der Waals surface area contributed by atoms with Crippen molar-refractivity contribution >= 4 is 56.4 Å². The predicted molar refractivity (Wildman–Crippen MR) is 228 cm³/mol. The molecule has 0 heterocycles. The second-order valence-corrected chi connectivity index (χ2v) is 13.6. The first-order valence-electron chi connectivity index (χ1n) is 16.9. The minimum Gasteiger partial charge on any atom is -0.478 e. The third-order valence-corrected chi connectivity index (χ3v) is 8.65. The highest BCUT2D eigenvalue weighted by molar-refractivity contribution is 14.1. The summed E-state index contributed by atoms with van der Waals surface area (Å²) < 4.78 is 74.5. The summed E-state index contributed by atoms with van der Waals surface area (Å²) in [7, 11) is 2.65. The van der Waals surface area contributed by atoms with Crippen LogP contribution in [-0.4, -0.2) is 37.2 Å². The number of halogens is 7. The lowest BCUT2D eigenvalue weighted by atomic mass is 10.1. The fourth-order valence-electron chi connectivity index (χ4n) is 4.23. The van der Waals surface area contributed by atoms with Crippen molar-refractivity contribution in [3.05, 3.63) is 209 Å². The Labute approximate surface area is 364 Å². The van der Waals surface area contributed by atoms with E-state index in [0.717, 1.165) is 34.3 Å². The van der Waals surface area contributed by atoms with E-state index in [4.69, 9.17) is 11.5 Å². The zero-order valence-electron chi connectivity index (χ0n) is 31.3. The molecule has 0 unspecified atom stereocenters. The van der Waals surface area contributed by atoms with Crippen molar-refractivity contribution < 1.29 is 50.9 Å². The van der Waals surface area contributed by atoms with Gasteiger partial charge in [0.05, 0.1) is 30.9 Å². The maximum Gasteiger partial charge on any atom is 0.337 e. The van der Waals surface area contributed by atoms with Crippen LogP contribution in [0.15, 0.2) is 132 Å². The van der Waals surface area contributed by atoms with Crippen molar-refractivity contribution in [2.24, 2.45) is 0 Å². The van der Waals surface area contributed by atoms with E-state index >= 15 is 0 Å². The van der Waals surface area contributed by atoms with Gasteiger partial charge in [0.2, 0.25) is 0 Å². The van der Waals surface area contributed by atoms with Crippen molar-refractivity contribution in [3.63, 3.8) is 0 Å². The molecule has 0 spiro atoms. The molecule has 6 nitrogen and oxygen atoms in total.